The number of ether oxygens (including phenoxy) is 1. The number of nitrogens with one attached hydrogen (secondary N) is 2. The van der Waals surface area contributed by atoms with Crippen molar-refractivity contribution in [2.75, 3.05) is 11.8 Å². The molecule has 7 heteroatoms. The first-order valence-electron chi connectivity index (χ1n) is 5.61. The van der Waals surface area contributed by atoms with Gasteiger partial charge in [0.15, 0.2) is 5.03 Å². The van der Waals surface area contributed by atoms with Gasteiger partial charge < -0.3 is 9.72 Å². The number of aryl methyl sites for hydroxylation is 2. The van der Waals surface area contributed by atoms with Crippen LogP contribution in [0.3, 0.4) is 0 Å². The van der Waals surface area contributed by atoms with Gasteiger partial charge in [-0.1, -0.05) is 0 Å². The Morgan fingerprint density at radius 2 is 2.05 bits per heavy atom. The average Bonchev–Trinajstić information content (AvgIpc) is 2.76. The molecule has 0 spiro atoms. The van der Waals surface area contributed by atoms with Gasteiger partial charge in [0.05, 0.1) is 13.3 Å². The number of H-pyrrole nitrogens is 1. The lowest BCUT2D eigenvalue weighted by atomic mass is 10.2. The van der Waals surface area contributed by atoms with Gasteiger partial charge in [0.1, 0.15) is 11.6 Å². The first-order chi connectivity index (χ1) is 8.92. The zero-order valence-electron chi connectivity index (χ0n) is 10.9. The molecule has 1 aromatic carbocycles. The summed E-state index contributed by atoms with van der Waals surface area (Å²) < 4.78 is 31.7. The highest BCUT2D eigenvalue weighted by Crippen LogP contribution is 2.23. The van der Waals surface area contributed by atoms with Crippen LogP contribution in [-0.2, 0) is 10.0 Å². The van der Waals surface area contributed by atoms with Crippen LogP contribution in [-0.4, -0.2) is 25.5 Å². The summed E-state index contributed by atoms with van der Waals surface area (Å²) in [7, 11) is -2.07. The molecule has 1 heterocycles. The number of aromatic nitrogens is 2. The number of rotatable bonds is 4. The van der Waals surface area contributed by atoms with E-state index >= 15 is 0 Å². The molecule has 0 saturated heterocycles. The van der Waals surface area contributed by atoms with Crippen molar-refractivity contribution in [3.63, 3.8) is 0 Å². The highest BCUT2D eigenvalue weighted by molar-refractivity contribution is 7.92. The fourth-order valence-electron chi connectivity index (χ4n) is 1.69. The van der Waals surface area contributed by atoms with Crippen molar-refractivity contribution in [1.29, 1.82) is 0 Å². The molecule has 0 unspecified atom stereocenters. The molecule has 0 fully saturated rings. The summed E-state index contributed by atoms with van der Waals surface area (Å²) in [6.07, 6.45) is 1.29. The summed E-state index contributed by atoms with van der Waals surface area (Å²) in [6, 6.07) is 5.07. The van der Waals surface area contributed by atoms with E-state index in [0.29, 0.717) is 17.3 Å². The van der Waals surface area contributed by atoms with E-state index in [1.165, 1.54) is 6.20 Å². The smallest absolute Gasteiger partial charge is 0.278 e. The minimum Gasteiger partial charge on any atom is -0.496 e. The van der Waals surface area contributed by atoms with Crippen LogP contribution in [0.1, 0.15) is 11.4 Å². The maximum atomic E-state index is 12.1. The van der Waals surface area contributed by atoms with Crippen LogP contribution in [0.25, 0.3) is 0 Å². The summed E-state index contributed by atoms with van der Waals surface area (Å²) in [5, 5.41) is 0.0403. The lowest BCUT2D eigenvalue weighted by Crippen LogP contribution is -2.13. The molecule has 2 N–H and O–H groups in total. The number of methoxy groups -OCH3 is 1. The number of imidazole rings is 1. The quantitative estimate of drug-likeness (QED) is 0.895. The topological polar surface area (TPSA) is 84.1 Å². The van der Waals surface area contributed by atoms with Crippen LogP contribution in [0.2, 0.25) is 0 Å². The molecule has 2 aromatic rings. The van der Waals surface area contributed by atoms with E-state index in [-0.39, 0.29) is 5.03 Å². The predicted octanol–water partition coefficient (Wildman–Crippen LogP) is 1.84. The molecule has 102 valence electrons. The zero-order valence-corrected chi connectivity index (χ0v) is 11.7. The van der Waals surface area contributed by atoms with Crippen molar-refractivity contribution in [3.05, 3.63) is 35.8 Å². The van der Waals surface area contributed by atoms with Crippen LogP contribution in [0.5, 0.6) is 5.75 Å². The van der Waals surface area contributed by atoms with Crippen molar-refractivity contribution in [3.8, 4) is 5.75 Å². The van der Waals surface area contributed by atoms with Gasteiger partial charge in [0.2, 0.25) is 0 Å². The second-order valence-electron chi connectivity index (χ2n) is 4.12. The number of aromatic amines is 1. The Hall–Kier alpha value is -2.02. The SMILES string of the molecule is COc1ccc(NS(=O)(=O)c2cnc(C)[nH]2)cc1C. The molecule has 0 atom stereocenters. The predicted molar refractivity (Wildman–Crippen MR) is 71.9 cm³/mol. The van der Waals surface area contributed by atoms with Gasteiger partial charge in [-0.25, -0.2) is 4.98 Å². The average molecular weight is 281 g/mol. The largest absolute Gasteiger partial charge is 0.496 e. The second-order valence-corrected chi connectivity index (χ2v) is 5.77. The third-order valence-corrected chi connectivity index (χ3v) is 3.91. The molecular weight excluding hydrogens is 266 g/mol. The third-order valence-electron chi connectivity index (χ3n) is 2.62. The van der Waals surface area contributed by atoms with Crippen molar-refractivity contribution in [1.82, 2.24) is 9.97 Å². The summed E-state index contributed by atoms with van der Waals surface area (Å²) in [6.45, 7) is 3.54. The van der Waals surface area contributed by atoms with Crippen LogP contribution >= 0.6 is 0 Å². The van der Waals surface area contributed by atoms with Gasteiger partial charge in [-0.05, 0) is 37.6 Å². The molecule has 0 saturated carbocycles. The van der Waals surface area contributed by atoms with Crippen molar-refractivity contribution >= 4 is 15.7 Å². The standard InChI is InChI=1S/C12H15N3O3S/c1-8-6-10(4-5-11(8)18-3)15-19(16,17)12-7-13-9(2)14-12/h4-7,15H,1-3H3,(H,13,14). The highest BCUT2D eigenvalue weighted by Gasteiger charge is 2.16. The van der Waals surface area contributed by atoms with Gasteiger partial charge in [-0.2, -0.15) is 8.42 Å². The number of anilines is 1. The number of nitrogens with zero attached hydrogens (tertiary/aromatic N) is 1. The minimum atomic E-state index is -3.64. The van der Waals surface area contributed by atoms with Crippen LogP contribution in [0, 0.1) is 13.8 Å². The molecule has 0 radical (unpaired) electrons. The fourth-order valence-corrected chi connectivity index (χ4v) is 2.71. The minimum absolute atomic E-state index is 0.0403. The van der Waals surface area contributed by atoms with Crippen molar-refractivity contribution in [2.45, 2.75) is 18.9 Å². The highest BCUT2D eigenvalue weighted by atomic mass is 32.2. The first kappa shape index (κ1) is 13.4. The maximum Gasteiger partial charge on any atom is 0.278 e. The van der Waals surface area contributed by atoms with Gasteiger partial charge in [0, 0.05) is 5.69 Å². The summed E-state index contributed by atoms with van der Waals surface area (Å²) in [5.41, 5.74) is 1.33. The number of benzene rings is 1. The monoisotopic (exact) mass is 281 g/mol. The molecule has 19 heavy (non-hydrogen) atoms. The Balaban J connectivity index is 2.28. The molecule has 0 aliphatic heterocycles. The first-order valence-corrected chi connectivity index (χ1v) is 7.10. The Bertz CT molecular complexity index is 692. The normalized spacial score (nSPS) is 11.3. The molecule has 0 aliphatic carbocycles. The summed E-state index contributed by atoms with van der Waals surface area (Å²) in [4.78, 5) is 6.56. The lowest BCUT2D eigenvalue weighted by molar-refractivity contribution is 0.412. The second kappa shape index (κ2) is 4.93. The van der Waals surface area contributed by atoms with E-state index in [1.807, 2.05) is 6.92 Å². The Morgan fingerprint density at radius 3 is 2.58 bits per heavy atom. The van der Waals surface area contributed by atoms with Crippen LogP contribution in [0.15, 0.2) is 29.4 Å². The third kappa shape index (κ3) is 2.87. The Kier molecular flexibility index (Phi) is 3.48. The van der Waals surface area contributed by atoms with E-state index in [0.717, 1.165) is 5.56 Å². The molecule has 2 rings (SSSR count). The molecule has 0 aliphatic rings. The van der Waals surface area contributed by atoms with Gasteiger partial charge in [0.25, 0.3) is 10.0 Å². The van der Waals surface area contributed by atoms with E-state index in [4.69, 9.17) is 4.74 Å². The molecule has 0 amide bonds. The van der Waals surface area contributed by atoms with Gasteiger partial charge in [-0.3, -0.25) is 4.72 Å². The summed E-state index contributed by atoms with van der Waals surface area (Å²) in [5.74, 6) is 1.26. The fraction of sp³-hybridized carbons (Fsp3) is 0.250. The molecule has 1 aromatic heterocycles. The molecule has 6 nitrogen and oxygen atoms in total. The van der Waals surface area contributed by atoms with E-state index in [2.05, 4.69) is 14.7 Å². The number of hydrogen-bond acceptors (Lipinski definition) is 4. The van der Waals surface area contributed by atoms with Crippen LogP contribution in [0.4, 0.5) is 5.69 Å². The van der Waals surface area contributed by atoms with Gasteiger partial charge >= 0.3 is 0 Å². The van der Waals surface area contributed by atoms with Crippen molar-refractivity contribution < 1.29 is 13.2 Å². The van der Waals surface area contributed by atoms with Gasteiger partial charge in [-0.15, -0.1) is 0 Å². The van der Waals surface area contributed by atoms with E-state index in [1.54, 1.807) is 32.2 Å². The summed E-state index contributed by atoms with van der Waals surface area (Å²) >= 11 is 0. The van der Waals surface area contributed by atoms with Crippen LogP contribution < -0.4 is 9.46 Å². The number of hydrogen-bond donors (Lipinski definition) is 2. The number of sulfonamides is 1. The Labute approximate surface area is 111 Å². The molecular formula is C12H15N3O3S. The zero-order chi connectivity index (χ0) is 14.0. The Morgan fingerprint density at radius 1 is 1.32 bits per heavy atom. The maximum absolute atomic E-state index is 12.1. The molecule has 0 bridgehead atoms. The lowest BCUT2D eigenvalue weighted by Gasteiger charge is -2.09. The van der Waals surface area contributed by atoms with E-state index < -0.39 is 10.0 Å². The van der Waals surface area contributed by atoms with Crippen molar-refractivity contribution in [2.24, 2.45) is 0 Å². The van der Waals surface area contributed by atoms with E-state index in [9.17, 15) is 8.42 Å².